The van der Waals surface area contributed by atoms with Crippen molar-refractivity contribution in [1.82, 2.24) is 24.4 Å². The SMILES string of the molecule is CNc1cc(F)c(F)c2c1[nH]c1ncc(-c3cnc4c(c3)c(=O)c(C(=O)O)cn4C)c(N3CCC(N(C)C4CC4)C3)c12. The molecule has 4 aromatic heterocycles. The Labute approximate surface area is 238 Å². The van der Waals surface area contributed by atoms with Crippen LogP contribution in [0.4, 0.5) is 20.2 Å². The Hall–Kier alpha value is -4.58. The number of benzene rings is 1. The van der Waals surface area contributed by atoms with E-state index >= 15 is 4.39 Å². The van der Waals surface area contributed by atoms with Gasteiger partial charge in [-0.3, -0.25) is 9.69 Å². The highest BCUT2D eigenvalue weighted by Crippen LogP contribution is 2.44. The van der Waals surface area contributed by atoms with Crippen molar-refractivity contribution in [2.45, 2.75) is 31.3 Å². The first-order valence-electron chi connectivity index (χ1n) is 13.9. The molecule has 1 aliphatic carbocycles. The van der Waals surface area contributed by atoms with Crippen LogP contribution in [0.2, 0.25) is 0 Å². The van der Waals surface area contributed by atoms with Crippen molar-refractivity contribution < 1.29 is 18.7 Å². The van der Waals surface area contributed by atoms with Crippen LogP contribution in [0.3, 0.4) is 0 Å². The van der Waals surface area contributed by atoms with Crippen molar-refractivity contribution in [2.75, 3.05) is 37.4 Å². The van der Waals surface area contributed by atoms with Gasteiger partial charge in [-0.15, -0.1) is 0 Å². The van der Waals surface area contributed by atoms with Crippen LogP contribution in [0, 0.1) is 11.6 Å². The maximum Gasteiger partial charge on any atom is 0.341 e. The average molecular weight is 574 g/mol. The number of anilines is 2. The van der Waals surface area contributed by atoms with Gasteiger partial charge in [-0.25, -0.2) is 23.5 Å². The number of aromatic carboxylic acids is 1. The Morgan fingerprint density at radius 3 is 2.64 bits per heavy atom. The fourth-order valence-electron chi connectivity index (χ4n) is 6.40. The summed E-state index contributed by atoms with van der Waals surface area (Å²) in [6.45, 7) is 1.36. The summed E-state index contributed by atoms with van der Waals surface area (Å²) in [7, 11) is 5.41. The van der Waals surface area contributed by atoms with Crippen LogP contribution < -0.4 is 15.6 Å². The van der Waals surface area contributed by atoms with Gasteiger partial charge in [0.25, 0.3) is 0 Å². The first-order valence-corrected chi connectivity index (χ1v) is 13.9. The van der Waals surface area contributed by atoms with Crippen LogP contribution in [-0.2, 0) is 7.05 Å². The Morgan fingerprint density at radius 1 is 1.14 bits per heavy atom. The molecule has 1 atom stereocenters. The van der Waals surface area contributed by atoms with Gasteiger partial charge in [0.15, 0.2) is 11.6 Å². The first kappa shape index (κ1) is 26.3. The smallest absolute Gasteiger partial charge is 0.341 e. The third kappa shape index (κ3) is 3.92. The van der Waals surface area contributed by atoms with E-state index in [2.05, 4.69) is 37.1 Å². The van der Waals surface area contributed by atoms with Crippen molar-refractivity contribution in [2.24, 2.45) is 7.05 Å². The number of aromatic amines is 1. The summed E-state index contributed by atoms with van der Waals surface area (Å²) in [5, 5.41) is 13.2. The zero-order chi connectivity index (χ0) is 29.4. The lowest BCUT2D eigenvalue weighted by atomic mass is 10.0. The minimum absolute atomic E-state index is 0.0931. The summed E-state index contributed by atoms with van der Waals surface area (Å²) in [4.78, 5) is 41.8. The number of carbonyl (C=O) groups is 1. The van der Waals surface area contributed by atoms with Crippen LogP contribution in [0.15, 0.2) is 35.5 Å². The molecule has 12 heteroatoms. The third-order valence-corrected chi connectivity index (χ3v) is 8.77. The lowest BCUT2D eigenvalue weighted by Crippen LogP contribution is -2.36. The third-order valence-electron chi connectivity index (χ3n) is 8.77. The highest BCUT2D eigenvalue weighted by Gasteiger charge is 2.36. The van der Waals surface area contributed by atoms with Crippen molar-refractivity contribution in [3.63, 3.8) is 0 Å². The molecule has 1 saturated carbocycles. The number of rotatable bonds is 6. The summed E-state index contributed by atoms with van der Waals surface area (Å²) >= 11 is 0. The van der Waals surface area contributed by atoms with E-state index in [1.54, 1.807) is 32.6 Å². The van der Waals surface area contributed by atoms with Gasteiger partial charge in [0, 0.05) is 75.1 Å². The molecule has 2 fully saturated rings. The summed E-state index contributed by atoms with van der Waals surface area (Å²) in [5.41, 5.74) is 2.30. The molecular weight excluding hydrogens is 544 g/mol. The lowest BCUT2D eigenvalue weighted by molar-refractivity contribution is 0.0695. The van der Waals surface area contributed by atoms with Crippen LogP contribution in [0.1, 0.15) is 29.6 Å². The quantitative estimate of drug-likeness (QED) is 0.275. The Morgan fingerprint density at radius 2 is 1.93 bits per heavy atom. The Bertz CT molecular complexity index is 2000. The molecule has 0 amide bonds. The number of hydrogen-bond donors (Lipinski definition) is 3. The maximum atomic E-state index is 15.6. The molecule has 216 valence electrons. The molecule has 1 aromatic carbocycles. The Balaban J connectivity index is 1.51. The number of nitrogens with one attached hydrogen (secondary N) is 2. The van der Waals surface area contributed by atoms with E-state index in [-0.39, 0.29) is 22.4 Å². The number of halogens is 2. The molecule has 1 saturated heterocycles. The minimum atomic E-state index is -1.33. The van der Waals surface area contributed by atoms with Crippen molar-refractivity contribution >= 4 is 50.3 Å². The number of H-pyrrole nitrogens is 1. The second-order valence-corrected chi connectivity index (χ2v) is 11.3. The second kappa shape index (κ2) is 9.48. The predicted molar refractivity (Wildman–Crippen MR) is 157 cm³/mol. The standard InChI is InChI=1S/C30H29F2N7O3/c1-33-21-9-20(31)24(32)22-23-26(39-7-6-16(12-39)38(3)15-4-5-15)18(11-34-28(23)36-25(21)22)14-8-17-27(40)19(30(41)42)13-37(2)29(17)35-10-14/h8-11,13,15-16,33H,4-7,12H2,1-3H3,(H,34,36)(H,41,42). The molecule has 3 N–H and O–H groups in total. The highest BCUT2D eigenvalue weighted by molar-refractivity contribution is 6.18. The average Bonchev–Trinajstić information content (AvgIpc) is 3.59. The van der Waals surface area contributed by atoms with E-state index in [1.807, 2.05) is 0 Å². The van der Waals surface area contributed by atoms with E-state index in [1.165, 1.54) is 23.6 Å². The molecule has 1 aliphatic heterocycles. The van der Waals surface area contributed by atoms with Gasteiger partial charge in [0.05, 0.1) is 33.1 Å². The highest BCUT2D eigenvalue weighted by atomic mass is 19.2. The van der Waals surface area contributed by atoms with Gasteiger partial charge >= 0.3 is 5.97 Å². The normalized spacial score (nSPS) is 17.3. The molecule has 2 aliphatic rings. The van der Waals surface area contributed by atoms with Crippen LogP contribution in [0.5, 0.6) is 0 Å². The fourth-order valence-corrected chi connectivity index (χ4v) is 6.40. The largest absolute Gasteiger partial charge is 0.477 e. The summed E-state index contributed by atoms with van der Waals surface area (Å²) in [6.07, 6.45) is 7.74. The maximum absolute atomic E-state index is 15.6. The number of carboxylic acids is 1. The van der Waals surface area contributed by atoms with Crippen LogP contribution in [-0.4, -0.2) is 74.8 Å². The predicted octanol–water partition coefficient (Wildman–Crippen LogP) is 4.32. The number of carboxylic acid groups (broad SMARTS) is 1. The number of fused-ring (bicyclic) bond motifs is 4. The molecule has 5 heterocycles. The van der Waals surface area contributed by atoms with Crippen LogP contribution >= 0.6 is 0 Å². The van der Waals surface area contributed by atoms with Crippen LogP contribution in [0.25, 0.3) is 44.1 Å². The van der Waals surface area contributed by atoms with E-state index in [0.29, 0.717) is 63.8 Å². The Kier molecular flexibility index (Phi) is 5.94. The van der Waals surface area contributed by atoms with E-state index < -0.39 is 23.0 Å². The lowest BCUT2D eigenvalue weighted by Gasteiger charge is -2.27. The van der Waals surface area contributed by atoms with E-state index in [9.17, 15) is 19.1 Å². The monoisotopic (exact) mass is 573 g/mol. The zero-order valence-electron chi connectivity index (χ0n) is 23.3. The molecule has 1 unspecified atom stereocenters. The minimum Gasteiger partial charge on any atom is -0.477 e. The molecule has 0 bridgehead atoms. The summed E-state index contributed by atoms with van der Waals surface area (Å²) < 4.78 is 32.0. The molecular formula is C30H29F2N7O3. The number of hydrogen-bond acceptors (Lipinski definition) is 7. The number of nitrogens with zero attached hydrogens (tertiary/aromatic N) is 5. The van der Waals surface area contributed by atoms with Gasteiger partial charge in [0.2, 0.25) is 5.43 Å². The number of aromatic nitrogens is 4. The van der Waals surface area contributed by atoms with Crippen molar-refractivity contribution in [3.05, 3.63) is 58.1 Å². The summed E-state index contributed by atoms with van der Waals surface area (Å²) in [6, 6.07) is 3.58. The first-order chi connectivity index (χ1) is 20.2. The second-order valence-electron chi connectivity index (χ2n) is 11.3. The van der Waals surface area contributed by atoms with Gasteiger partial charge < -0.3 is 24.9 Å². The van der Waals surface area contributed by atoms with E-state index in [4.69, 9.17) is 0 Å². The molecule has 0 radical (unpaired) electrons. The summed E-state index contributed by atoms with van der Waals surface area (Å²) in [5.74, 6) is -3.28. The number of pyridine rings is 3. The zero-order valence-corrected chi connectivity index (χ0v) is 23.3. The molecule has 0 spiro atoms. The van der Waals surface area contributed by atoms with Gasteiger partial charge in [-0.2, -0.15) is 0 Å². The van der Waals surface area contributed by atoms with Crippen molar-refractivity contribution in [3.8, 4) is 11.1 Å². The molecule has 42 heavy (non-hydrogen) atoms. The molecule has 5 aromatic rings. The topological polar surface area (TPSA) is 119 Å². The molecule has 7 rings (SSSR count). The van der Waals surface area contributed by atoms with E-state index in [0.717, 1.165) is 12.5 Å². The fraction of sp³-hybridized carbons (Fsp3) is 0.333. The molecule has 10 nitrogen and oxygen atoms in total. The van der Waals surface area contributed by atoms with Gasteiger partial charge in [0.1, 0.15) is 16.9 Å². The van der Waals surface area contributed by atoms with Crippen molar-refractivity contribution in [1.29, 1.82) is 0 Å². The van der Waals surface area contributed by atoms with Gasteiger partial charge in [-0.05, 0) is 32.4 Å². The number of likely N-dealkylation sites (N-methyl/N-ethyl adjacent to an activating group) is 1. The number of aryl methyl sites for hydroxylation is 1. The van der Waals surface area contributed by atoms with Gasteiger partial charge in [-0.1, -0.05) is 0 Å².